The third kappa shape index (κ3) is 14.2. The summed E-state index contributed by atoms with van der Waals surface area (Å²) in [6.07, 6.45) is 12.4. The maximum Gasteiger partial charge on any atom is 0.303 e. The van der Waals surface area contributed by atoms with Gasteiger partial charge in [-0.2, -0.15) is 25.3 Å². The average Bonchev–Trinajstić information content (AvgIpc) is 2.35. The third-order valence-corrected chi connectivity index (χ3v) is 4.31. The van der Waals surface area contributed by atoms with Crippen molar-refractivity contribution in [2.75, 3.05) is 5.75 Å². The number of carboxylic acid groups (broad SMARTS) is 1. The summed E-state index contributed by atoms with van der Waals surface area (Å²) in [4.78, 5) is 10.3. The lowest BCUT2D eigenvalue weighted by atomic mass is 10.1. The van der Waals surface area contributed by atoms with E-state index < -0.39 is 5.97 Å². The molecule has 0 saturated carbocycles. The van der Waals surface area contributed by atoms with Crippen LogP contribution in [0.1, 0.15) is 70.6 Å². The van der Waals surface area contributed by atoms with Crippen LogP contribution in [0.15, 0.2) is 0 Å². The lowest BCUT2D eigenvalue weighted by Gasteiger charge is -2.06. The van der Waals surface area contributed by atoms with Gasteiger partial charge in [0.25, 0.3) is 0 Å². The molecule has 0 radical (unpaired) electrons. The van der Waals surface area contributed by atoms with Crippen LogP contribution in [-0.2, 0) is 4.79 Å². The van der Waals surface area contributed by atoms with E-state index in [-0.39, 0.29) is 0 Å². The number of unbranched alkanes of at least 4 members (excludes halogenated alkanes) is 8. The molecule has 0 aliphatic carbocycles. The van der Waals surface area contributed by atoms with Gasteiger partial charge in [0.05, 0.1) is 0 Å². The Bertz CT molecular complexity index is 198. The largest absolute Gasteiger partial charge is 0.481 e. The van der Waals surface area contributed by atoms with Gasteiger partial charge in [0.2, 0.25) is 0 Å². The van der Waals surface area contributed by atoms with E-state index in [1.807, 2.05) is 0 Å². The predicted molar refractivity (Wildman–Crippen MR) is 85.0 cm³/mol. The number of hydrogen-bond donors (Lipinski definition) is 3. The van der Waals surface area contributed by atoms with E-state index in [0.29, 0.717) is 11.7 Å². The Labute approximate surface area is 123 Å². The van der Waals surface area contributed by atoms with Gasteiger partial charge in [-0.05, 0) is 12.8 Å². The number of thiol groups is 2. The molecule has 0 saturated heterocycles. The van der Waals surface area contributed by atoms with E-state index in [0.717, 1.165) is 18.6 Å². The van der Waals surface area contributed by atoms with Gasteiger partial charge in [0.1, 0.15) is 0 Å². The molecule has 0 aliphatic rings. The normalized spacial score (nSPS) is 12.6. The Morgan fingerprint density at radius 2 is 1.33 bits per heavy atom. The highest BCUT2D eigenvalue weighted by molar-refractivity contribution is 7.84. The zero-order valence-corrected chi connectivity index (χ0v) is 13.1. The van der Waals surface area contributed by atoms with Crippen LogP contribution in [0.3, 0.4) is 0 Å². The van der Waals surface area contributed by atoms with Crippen molar-refractivity contribution in [3.63, 3.8) is 0 Å². The van der Waals surface area contributed by atoms with Crippen molar-refractivity contribution >= 4 is 31.2 Å². The van der Waals surface area contributed by atoms with Crippen LogP contribution in [-0.4, -0.2) is 22.1 Å². The number of carboxylic acids is 1. The summed E-state index contributed by atoms with van der Waals surface area (Å²) in [7, 11) is 0. The highest BCUT2D eigenvalue weighted by Crippen LogP contribution is 2.13. The van der Waals surface area contributed by atoms with Gasteiger partial charge in [-0.1, -0.05) is 51.4 Å². The highest BCUT2D eigenvalue weighted by atomic mass is 32.1. The Morgan fingerprint density at radius 3 is 1.78 bits per heavy atom. The molecule has 4 heteroatoms. The molecular formula is C14H28O2S2. The summed E-state index contributed by atoms with van der Waals surface area (Å²) in [6.45, 7) is 0. The van der Waals surface area contributed by atoms with Gasteiger partial charge in [-0.3, -0.25) is 4.79 Å². The number of carbonyl (C=O) groups is 1. The smallest absolute Gasteiger partial charge is 0.303 e. The fourth-order valence-electron chi connectivity index (χ4n) is 1.98. The molecule has 0 aromatic rings. The van der Waals surface area contributed by atoms with Crippen molar-refractivity contribution in [3.8, 4) is 0 Å². The number of rotatable bonds is 13. The Kier molecular flexibility index (Phi) is 13.7. The van der Waals surface area contributed by atoms with E-state index in [1.165, 1.54) is 51.4 Å². The fourth-order valence-corrected chi connectivity index (χ4v) is 2.35. The summed E-state index contributed by atoms with van der Waals surface area (Å²) in [5.41, 5.74) is 0. The zero-order valence-electron chi connectivity index (χ0n) is 11.3. The summed E-state index contributed by atoms with van der Waals surface area (Å²) in [5, 5.41) is 8.94. The lowest BCUT2D eigenvalue weighted by molar-refractivity contribution is -0.137. The van der Waals surface area contributed by atoms with E-state index >= 15 is 0 Å². The first-order valence-electron chi connectivity index (χ1n) is 7.17. The van der Waals surface area contributed by atoms with Gasteiger partial charge in [0.15, 0.2) is 0 Å². The molecule has 0 amide bonds. The SMILES string of the molecule is O=C(O)CCCCCCCCCCCC(S)CS. The zero-order chi connectivity index (χ0) is 13.6. The van der Waals surface area contributed by atoms with Crippen LogP contribution >= 0.6 is 25.3 Å². The molecule has 2 nitrogen and oxygen atoms in total. The second kappa shape index (κ2) is 13.6. The molecular weight excluding hydrogens is 264 g/mol. The molecule has 0 aromatic heterocycles. The van der Waals surface area contributed by atoms with Crippen molar-refractivity contribution in [3.05, 3.63) is 0 Å². The summed E-state index contributed by atoms with van der Waals surface area (Å²) in [5.74, 6) is 0.207. The van der Waals surface area contributed by atoms with Crippen LogP contribution in [0.5, 0.6) is 0 Å². The number of aliphatic carboxylic acids is 1. The quantitative estimate of drug-likeness (QED) is 0.343. The average molecular weight is 293 g/mol. The van der Waals surface area contributed by atoms with Gasteiger partial charge in [0, 0.05) is 17.4 Å². The molecule has 0 spiro atoms. The first-order chi connectivity index (χ1) is 8.66. The minimum atomic E-state index is -0.668. The van der Waals surface area contributed by atoms with Gasteiger partial charge in [-0.15, -0.1) is 0 Å². The van der Waals surface area contributed by atoms with Gasteiger partial charge < -0.3 is 5.11 Å². The molecule has 108 valence electrons. The Balaban J connectivity index is 3.01. The molecule has 0 aromatic carbocycles. The molecule has 18 heavy (non-hydrogen) atoms. The second-order valence-electron chi connectivity index (χ2n) is 4.95. The van der Waals surface area contributed by atoms with Gasteiger partial charge in [-0.25, -0.2) is 0 Å². The Morgan fingerprint density at radius 1 is 0.889 bits per heavy atom. The molecule has 0 fully saturated rings. The van der Waals surface area contributed by atoms with Crippen molar-refractivity contribution in [2.45, 2.75) is 75.9 Å². The van der Waals surface area contributed by atoms with Crippen molar-refractivity contribution in [1.29, 1.82) is 0 Å². The van der Waals surface area contributed by atoms with E-state index in [1.54, 1.807) is 0 Å². The fraction of sp³-hybridized carbons (Fsp3) is 0.929. The summed E-state index contributed by atoms with van der Waals surface area (Å²) in [6, 6.07) is 0. The van der Waals surface area contributed by atoms with Crippen LogP contribution < -0.4 is 0 Å². The molecule has 1 atom stereocenters. The Hall–Kier alpha value is 0.170. The van der Waals surface area contributed by atoms with Crippen molar-refractivity contribution in [2.24, 2.45) is 0 Å². The first kappa shape index (κ1) is 18.2. The maximum atomic E-state index is 10.3. The van der Waals surface area contributed by atoms with E-state index in [4.69, 9.17) is 5.11 Å². The molecule has 0 aliphatic heterocycles. The van der Waals surface area contributed by atoms with E-state index in [2.05, 4.69) is 25.3 Å². The lowest BCUT2D eigenvalue weighted by Crippen LogP contribution is -1.99. The van der Waals surface area contributed by atoms with Crippen LogP contribution in [0.4, 0.5) is 0 Å². The highest BCUT2D eigenvalue weighted by Gasteiger charge is 1.99. The number of hydrogen-bond acceptors (Lipinski definition) is 3. The maximum absolute atomic E-state index is 10.3. The molecule has 0 rings (SSSR count). The van der Waals surface area contributed by atoms with E-state index in [9.17, 15) is 4.79 Å². The van der Waals surface area contributed by atoms with Crippen molar-refractivity contribution < 1.29 is 9.90 Å². The summed E-state index contributed by atoms with van der Waals surface area (Å²) < 4.78 is 0. The molecule has 1 N–H and O–H groups in total. The molecule has 0 heterocycles. The minimum Gasteiger partial charge on any atom is -0.481 e. The minimum absolute atomic E-state index is 0.329. The molecule has 0 bridgehead atoms. The molecule has 1 unspecified atom stereocenters. The van der Waals surface area contributed by atoms with Crippen LogP contribution in [0.25, 0.3) is 0 Å². The predicted octanol–water partition coefficient (Wildman–Crippen LogP) is 4.59. The summed E-state index contributed by atoms with van der Waals surface area (Å²) >= 11 is 8.63. The standard InChI is InChI=1S/C14H28O2S2/c15-14(16)11-9-7-5-3-1-2-4-6-8-10-13(18)12-17/h13,17-18H,1-12H2,(H,15,16). The topological polar surface area (TPSA) is 37.3 Å². The van der Waals surface area contributed by atoms with Crippen molar-refractivity contribution in [1.82, 2.24) is 0 Å². The van der Waals surface area contributed by atoms with Crippen LogP contribution in [0, 0.1) is 0 Å². The third-order valence-electron chi connectivity index (χ3n) is 3.14. The monoisotopic (exact) mass is 292 g/mol. The van der Waals surface area contributed by atoms with Gasteiger partial charge >= 0.3 is 5.97 Å². The second-order valence-corrected chi connectivity index (χ2v) is 6.05. The van der Waals surface area contributed by atoms with Crippen LogP contribution in [0.2, 0.25) is 0 Å². The first-order valence-corrected chi connectivity index (χ1v) is 8.32.